The first-order valence-corrected chi connectivity index (χ1v) is 7.12. The molecule has 2 N–H and O–H groups in total. The molecule has 0 unspecified atom stereocenters. The van der Waals surface area contributed by atoms with Crippen LogP contribution in [0.15, 0.2) is 24.3 Å². The van der Waals surface area contributed by atoms with Gasteiger partial charge in [-0.3, -0.25) is 0 Å². The summed E-state index contributed by atoms with van der Waals surface area (Å²) >= 11 is 5.14. The zero-order chi connectivity index (χ0) is 13.1. The molecule has 0 aromatic heterocycles. The summed E-state index contributed by atoms with van der Waals surface area (Å²) in [5.41, 5.74) is 7.97. The van der Waals surface area contributed by atoms with Gasteiger partial charge in [-0.1, -0.05) is 31.3 Å². The Hall–Kier alpha value is -1.09. The lowest BCUT2D eigenvalue weighted by molar-refractivity contribution is 0.341. The average Bonchev–Trinajstić information content (AvgIpc) is 2.39. The van der Waals surface area contributed by atoms with Crippen molar-refractivity contribution < 1.29 is 0 Å². The molecule has 1 aromatic carbocycles. The van der Waals surface area contributed by atoms with E-state index < -0.39 is 0 Å². The molecule has 0 heterocycles. The van der Waals surface area contributed by atoms with Gasteiger partial charge in [0, 0.05) is 24.3 Å². The number of nitrogens with two attached hydrogens (primary N) is 1. The van der Waals surface area contributed by atoms with Crippen molar-refractivity contribution in [3.8, 4) is 0 Å². The van der Waals surface area contributed by atoms with Crippen molar-refractivity contribution in [2.24, 2.45) is 11.7 Å². The predicted molar refractivity (Wildman–Crippen MR) is 82.2 cm³/mol. The molecule has 0 radical (unpaired) electrons. The first kappa shape index (κ1) is 13.3. The van der Waals surface area contributed by atoms with Gasteiger partial charge in [0.15, 0.2) is 0 Å². The molecule has 0 bridgehead atoms. The number of hydrogen-bond donors (Lipinski definition) is 1. The van der Waals surface area contributed by atoms with Gasteiger partial charge in [-0.25, -0.2) is 0 Å². The second-order valence-corrected chi connectivity index (χ2v) is 5.85. The Morgan fingerprint density at radius 2 is 1.83 bits per heavy atom. The van der Waals surface area contributed by atoms with E-state index in [9.17, 15) is 0 Å². The Labute approximate surface area is 115 Å². The van der Waals surface area contributed by atoms with Crippen molar-refractivity contribution >= 4 is 22.9 Å². The first-order valence-electron chi connectivity index (χ1n) is 6.71. The third kappa shape index (κ3) is 2.83. The van der Waals surface area contributed by atoms with Crippen molar-refractivity contribution in [3.05, 3.63) is 29.8 Å². The monoisotopic (exact) mass is 262 g/mol. The van der Waals surface area contributed by atoms with Gasteiger partial charge >= 0.3 is 0 Å². The van der Waals surface area contributed by atoms with Crippen LogP contribution in [0.1, 0.15) is 38.2 Å². The minimum absolute atomic E-state index is 0.488. The summed E-state index contributed by atoms with van der Waals surface area (Å²) in [5.74, 6) is 0.875. The Kier molecular flexibility index (Phi) is 4.23. The number of hydrogen-bond acceptors (Lipinski definition) is 2. The third-order valence-electron chi connectivity index (χ3n) is 4.08. The van der Waals surface area contributed by atoms with E-state index in [0.717, 1.165) is 11.5 Å². The number of rotatable bonds is 3. The lowest BCUT2D eigenvalue weighted by atomic mass is 9.86. The van der Waals surface area contributed by atoms with Gasteiger partial charge in [-0.05, 0) is 43.7 Å². The molecule has 0 saturated heterocycles. The topological polar surface area (TPSA) is 29.3 Å². The maximum Gasteiger partial charge on any atom is 0.106 e. The maximum atomic E-state index is 5.81. The second kappa shape index (κ2) is 5.70. The van der Waals surface area contributed by atoms with Crippen LogP contribution in [-0.2, 0) is 0 Å². The number of benzene rings is 1. The van der Waals surface area contributed by atoms with E-state index in [2.05, 4.69) is 31.0 Å². The van der Waals surface area contributed by atoms with Gasteiger partial charge in [0.25, 0.3) is 0 Å². The minimum Gasteiger partial charge on any atom is -0.389 e. The lowest BCUT2D eigenvalue weighted by Crippen LogP contribution is -2.36. The molecule has 2 rings (SSSR count). The van der Waals surface area contributed by atoms with Crippen LogP contribution in [0.25, 0.3) is 0 Å². The Morgan fingerprint density at radius 3 is 2.44 bits per heavy atom. The first-order chi connectivity index (χ1) is 8.59. The molecule has 0 atom stereocenters. The van der Waals surface area contributed by atoms with Crippen LogP contribution in [0.3, 0.4) is 0 Å². The molecule has 18 heavy (non-hydrogen) atoms. The molecule has 0 aliphatic heterocycles. The summed E-state index contributed by atoms with van der Waals surface area (Å²) in [4.78, 5) is 2.85. The van der Waals surface area contributed by atoms with Crippen molar-refractivity contribution in [2.75, 3.05) is 11.9 Å². The molecule has 1 saturated carbocycles. The van der Waals surface area contributed by atoms with E-state index in [0.29, 0.717) is 11.0 Å². The molecule has 0 spiro atoms. The van der Waals surface area contributed by atoms with Crippen molar-refractivity contribution in [1.29, 1.82) is 0 Å². The molecular weight excluding hydrogens is 240 g/mol. The van der Waals surface area contributed by atoms with Crippen LogP contribution < -0.4 is 10.6 Å². The molecule has 3 heteroatoms. The number of nitrogens with zero attached hydrogens (tertiary/aromatic N) is 1. The summed E-state index contributed by atoms with van der Waals surface area (Å²) in [6.07, 6.45) is 5.18. The molecule has 98 valence electrons. The standard InChI is InChI=1S/C15H22N2S/c1-11-7-9-12(10-8-11)17(2)14-6-4-3-5-13(14)15(16)18/h3-6,11-12H,7-10H2,1-2H3,(H2,16,18). The number of para-hydroxylation sites is 1. The van der Waals surface area contributed by atoms with Gasteiger partial charge in [-0.15, -0.1) is 0 Å². The fraction of sp³-hybridized carbons (Fsp3) is 0.533. The van der Waals surface area contributed by atoms with E-state index in [1.54, 1.807) is 0 Å². The summed E-state index contributed by atoms with van der Waals surface area (Å²) in [6, 6.07) is 8.80. The lowest BCUT2D eigenvalue weighted by Gasteiger charge is -2.36. The fourth-order valence-corrected chi connectivity index (χ4v) is 2.99. The molecular formula is C15H22N2S. The Balaban J connectivity index is 2.18. The summed E-state index contributed by atoms with van der Waals surface area (Å²) < 4.78 is 0. The Morgan fingerprint density at radius 1 is 1.22 bits per heavy atom. The van der Waals surface area contributed by atoms with Gasteiger partial charge < -0.3 is 10.6 Å². The van der Waals surface area contributed by atoms with Gasteiger partial charge in [0.2, 0.25) is 0 Å². The SMILES string of the molecule is CC1CCC(N(C)c2ccccc2C(N)=S)CC1. The van der Waals surface area contributed by atoms with Gasteiger partial charge in [-0.2, -0.15) is 0 Å². The predicted octanol–water partition coefficient (Wildman–Crippen LogP) is 3.34. The average molecular weight is 262 g/mol. The van der Waals surface area contributed by atoms with E-state index in [1.807, 2.05) is 12.1 Å². The largest absolute Gasteiger partial charge is 0.389 e. The van der Waals surface area contributed by atoms with Gasteiger partial charge in [0.05, 0.1) is 0 Å². The second-order valence-electron chi connectivity index (χ2n) is 5.41. The normalized spacial score (nSPS) is 23.7. The van der Waals surface area contributed by atoms with Crippen LogP contribution in [0, 0.1) is 5.92 Å². The highest BCUT2D eigenvalue weighted by atomic mass is 32.1. The Bertz CT molecular complexity index is 422. The van der Waals surface area contributed by atoms with Crippen molar-refractivity contribution in [3.63, 3.8) is 0 Å². The molecule has 2 nitrogen and oxygen atoms in total. The molecule has 1 fully saturated rings. The van der Waals surface area contributed by atoms with Crippen LogP contribution >= 0.6 is 12.2 Å². The zero-order valence-corrected chi connectivity index (χ0v) is 12.0. The van der Waals surface area contributed by atoms with E-state index in [-0.39, 0.29) is 0 Å². The molecule has 0 amide bonds. The molecule has 1 aliphatic rings. The molecule has 1 aliphatic carbocycles. The van der Waals surface area contributed by atoms with Crippen molar-refractivity contribution in [2.45, 2.75) is 38.6 Å². The number of thiocarbonyl (C=S) groups is 1. The van der Waals surface area contributed by atoms with Gasteiger partial charge in [0.1, 0.15) is 4.99 Å². The van der Waals surface area contributed by atoms with E-state index >= 15 is 0 Å². The quantitative estimate of drug-likeness (QED) is 0.847. The maximum absolute atomic E-state index is 5.81. The summed E-state index contributed by atoms with van der Waals surface area (Å²) in [5, 5.41) is 0. The highest BCUT2D eigenvalue weighted by molar-refractivity contribution is 7.80. The minimum atomic E-state index is 0.488. The summed E-state index contributed by atoms with van der Waals surface area (Å²) in [6.45, 7) is 2.35. The van der Waals surface area contributed by atoms with E-state index in [4.69, 9.17) is 18.0 Å². The zero-order valence-electron chi connectivity index (χ0n) is 11.2. The smallest absolute Gasteiger partial charge is 0.106 e. The van der Waals surface area contributed by atoms with Crippen LogP contribution in [-0.4, -0.2) is 18.1 Å². The highest BCUT2D eigenvalue weighted by Crippen LogP contribution is 2.30. The van der Waals surface area contributed by atoms with Crippen molar-refractivity contribution in [1.82, 2.24) is 0 Å². The summed E-state index contributed by atoms with van der Waals surface area (Å²) in [7, 11) is 2.16. The molecule has 1 aromatic rings. The highest BCUT2D eigenvalue weighted by Gasteiger charge is 2.23. The fourth-order valence-electron chi connectivity index (χ4n) is 2.82. The third-order valence-corrected chi connectivity index (χ3v) is 4.30. The van der Waals surface area contributed by atoms with Crippen LogP contribution in [0.5, 0.6) is 0 Å². The van der Waals surface area contributed by atoms with Crippen LogP contribution in [0.4, 0.5) is 5.69 Å². The number of anilines is 1. The van der Waals surface area contributed by atoms with Crippen LogP contribution in [0.2, 0.25) is 0 Å². The van der Waals surface area contributed by atoms with E-state index in [1.165, 1.54) is 31.4 Å².